The highest BCUT2D eigenvalue weighted by atomic mass is 79.9. The van der Waals surface area contributed by atoms with Crippen molar-refractivity contribution in [1.82, 2.24) is 5.32 Å². The van der Waals surface area contributed by atoms with Gasteiger partial charge in [-0.1, -0.05) is 0 Å². The number of rotatable bonds is 1. The molecular weight excluding hydrogens is 237 g/mol. The van der Waals surface area contributed by atoms with Crippen molar-refractivity contribution in [3.63, 3.8) is 0 Å². The molecule has 0 amide bonds. The predicted molar refractivity (Wildman–Crippen MR) is 51.3 cm³/mol. The van der Waals surface area contributed by atoms with Gasteiger partial charge in [0.2, 0.25) is 0 Å². The minimum atomic E-state index is -1.33. The molecule has 0 radical (unpaired) electrons. The molecule has 1 saturated heterocycles. The number of halogens is 2. The average Bonchev–Trinajstić information content (AvgIpc) is 2.53. The quantitative estimate of drug-likeness (QED) is 0.826. The SMILES string of the molecule is FC1(c2occc2Br)CCCNC1. The maximum Gasteiger partial charge on any atom is 0.181 e. The molecule has 0 spiro atoms. The fourth-order valence-electron chi connectivity index (χ4n) is 1.68. The molecule has 1 aromatic heterocycles. The molecule has 2 heterocycles. The van der Waals surface area contributed by atoms with Crippen LogP contribution in [0.5, 0.6) is 0 Å². The molecule has 0 aromatic carbocycles. The number of nitrogens with one attached hydrogen (secondary N) is 1. The number of furan rings is 1. The van der Waals surface area contributed by atoms with Crippen molar-refractivity contribution < 1.29 is 8.81 Å². The van der Waals surface area contributed by atoms with Gasteiger partial charge in [0.15, 0.2) is 11.4 Å². The minimum absolute atomic E-state index is 0.346. The highest BCUT2D eigenvalue weighted by Gasteiger charge is 2.38. The van der Waals surface area contributed by atoms with E-state index in [0.717, 1.165) is 17.4 Å². The van der Waals surface area contributed by atoms with Crippen molar-refractivity contribution in [2.24, 2.45) is 0 Å². The molecule has 1 aliphatic rings. The first-order valence-corrected chi connectivity index (χ1v) is 5.15. The van der Waals surface area contributed by atoms with Crippen LogP contribution in [0.15, 0.2) is 21.2 Å². The Morgan fingerprint density at radius 2 is 2.46 bits per heavy atom. The van der Waals surface area contributed by atoms with Crippen molar-refractivity contribution in [3.8, 4) is 0 Å². The average molecular weight is 248 g/mol. The van der Waals surface area contributed by atoms with Crippen molar-refractivity contribution in [3.05, 3.63) is 22.6 Å². The Hall–Kier alpha value is -0.350. The van der Waals surface area contributed by atoms with E-state index in [1.165, 1.54) is 6.26 Å². The lowest BCUT2D eigenvalue weighted by Gasteiger charge is -2.28. The van der Waals surface area contributed by atoms with Gasteiger partial charge in [0.05, 0.1) is 10.7 Å². The molecule has 72 valence electrons. The Bertz CT molecular complexity index is 294. The Kier molecular flexibility index (Phi) is 2.43. The third-order valence-corrected chi connectivity index (χ3v) is 2.98. The summed E-state index contributed by atoms with van der Waals surface area (Å²) in [5.41, 5.74) is -1.33. The Morgan fingerprint density at radius 1 is 1.62 bits per heavy atom. The molecule has 0 aliphatic carbocycles. The smallest absolute Gasteiger partial charge is 0.181 e. The third kappa shape index (κ3) is 1.65. The summed E-state index contributed by atoms with van der Waals surface area (Å²) in [5.74, 6) is 0.416. The van der Waals surface area contributed by atoms with Crippen LogP contribution >= 0.6 is 15.9 Å². The fourth-order valence-corrected chi connectivity index (χ4v) is 2.23. The summed E-state index contributed by atoms with van der Waals surface area (Å²) in [5, 5.41) is 3.04. The Morgan fingerprint density at radius 3 is 3.00 bits per heavy atom. The van der Waals surface area contributed by atoms with Crippen molar-refractivity contribution in [2.45, 2.75) is 18.5 Å². The van der Waals surface area contributed by atoms with E-state index < -0.39 is 5.67 Å². The van der Waals surface area contributed by atoms with Crippen LogP contribution in [-0.4, -0.2) is 13.1 Å². The summed E-state index contributed by atoms with van der Waals surface area (Å²) < 4.78 is 20.1. The van der Waals surface area contributed by atoms with Crippen LogP contribution in [0.1, 0.15) is 18.6 Å². The monoisotopic (exact) mass is 247 g/mol. The number of alkyl halides is 1. The predicted octanol–water partition coefficient (Wildman–Crippen LogP) is 2.59. The summed E-state index contributed by atoms with van der Waals surface area (Å²) in [7, 11) is 0. The van der Waals surface area contributed by atoms with E-state index >= 15 is 0 Å². The highest BCUT2D eigenvalue weighted by molar-refractivity contribution is 9.10. The lowest BCUT2D eigenvalue weighted by Crippen LogP contribution is -2.40. The van der Waals surface area contributed by atoms with Gasteiger partial charge in [-0.15, -0.1) is 0 Å². The van der Waals surface area contributed by atoms with Crippen LogP contribution in [0.2, 0.25) is 0 Å². The minimum Gasteiger partial charge on any atom is -0.465 e. The summed E-state index contributed by atoms with van der Waals surface area (Å²) >= 11 is 3.28. The van der Waals surface area contributed by atoms with Crippen LogP contribution in [0.4, 0.5) is 4.39 Å². The van der Waals surface area contributed by atoms with Crippen LogP contribution in [-0.2, 0) is 5.67 Å². The Balaban J connectivity index is 2.27. The molecule has 2 rings (SSSR count). The van der Waals surface area contributed by atoms with Crippen LogP contribution in [0, 0.1) is 0 Å². The second-order valence-electron chi connectivity index (χ2n) is 3.34. The van der Waals surface area contributed by atoms with E-state index in [2.05, 4.69) is 21.2 Å². The van der Waals surface area contributed by atoms with E-state index in [1.54, 1.807) is 6.07 Å². The van der Waals surface area contributed by atoms with E-state index in [1.807, 2.05) is 0 Å². The van der Waals surface area contributed by atoms with Gasteiger partial charge in [-0.2, -0.15) is 0 Å². The topological polar surface area (TPSA) is 25.2 Å². The van der Waals surface area contributed by atoms with Gasteiger partial charge in [-0.3, -0.25) is 0 Å². The second-order valence-corrected chi connectivity index (χ2v) is 4.20. The largest absolute Gasteiger partial charge is 0.465 e. The normalized spacial score (nSPS) is 29.1. The third-order valence-electron chi connectivity index (χ3n) is 2.36. The van der Waals surface area contributed by atoms with E-state index in [-0.39, 0.29) is 0 Å². The van der Waals surface area contributed by atoms with Gasteiger partial charge in [0, 0.05) is 6.54 Å². The molecule has 1 atom stereocenters. The Labute approximate surface area is 84.6 Å². The molecule has 2 nitrogen and oxygen atoms in total. The maximum absolute atomic E-state index is 14.2. The molecule has 0 saturated carbocycles. The molecule has 4 heteroatoms. The van der Waals surface area contributed by atoms with Crippen molar-refractivity contribution in [2.75, 3.05) is 13.1 Å². The fraction of sp³-hybridized carbons (Fsp3) is 0.556. The zero-order valence-electron chi connectivity index (χ0n) is 7.15. The van der Waals surface area contributed by atoms with Crippen LogP contribution in [0.3, 0.4) is 0 Å². The van der Waals surface area contributed by atoms with E-state index in [0.29, 0.717) is 18.7 Å². The first-order chi connectivity index (χ1) is 6.22. The summed E-state index contributed by atoms with van der Waals surface area (Å²) in [4.78, 5) is 0. The first kappa shape index (κ1) is 9.21. The summed E-state index contributed by atoms with van der Waals surface area (Å²) in [6.07, 6.45) is 2.89. The standard InChI is InChI=1S/C9H11BrFNO/c10-7-2-5-13-8(7)9(11)3-1-4-12-6-9/h2,5,12H,1,3-4,6H2. The molecule has 0 bridgehead atoms. The second kappa shape index (κ2) is 3.42. The van der Waals surface area contributed by atoms with Gasteiger partial charge in [0.1, 0.15) is 0 Å². The molecule has 1 aromatic rings. The number of piperidine rings is 1. The van der Waals surface area contributed by atoms with Gasteiger partial charge in [-0.05, 0) is 41.4 Å². The van der Waals surface area contributed by atoms with Gasteiger partial charge < -0.3 is 9.73 Å². The van der Waals surface area contributed by atoms with Gasteiger partial charge in [-0.25, -0.2) is 4.39 Å². The molecule has 1 N–H and O–H groups in total. The number of hydrogen-bond acceptors (Lipinski definition) is 2. The molecule has 1 fully saturated rings. The van der Waals surface area contributed by atoms with E-state index in [4.69, 9.17) is 4.42 Å². The van der Waals surface area contributed by atoms with Crippen molar-refractivity contribution >= 4 is 15.9 Å². The zero-order chi connectivity index (χ0) is 9.31. The lowest BCUT2D eigenvalue weighted by molar-refractivity contribution is 0.0921. The van der Waals surface area contributed by atoms with Crippen LogP contribution < -0.4 is 5.32 Å². The molecular formula is C9H11BrFNO. The number of hydrogen-bond donors (Lipinski definition) is 1. The summed E-state index contributed by atoms with van der Waals surface area (Å²) in [6, 6.07) is 1.73. The van der Waals surface area contributed by atoms with Gasteiger partial charge in [0.25, 0.3) is 0 Å². The molecule has 13 heavy (non-hydrogen) atoms. The zero-order valence-corrected chi connectivity index (χ0v) is 8.73. The van der Waals surface area contributed by atoms with E-state index in [9.17, 15) is 4.39 Å². The van der Waals surface area contributed by atoms with Gasteiger partial charge >= 0.3 is 0 Å². The lowest BCUT2D eigenvalue weighted by atomic mass is 9.94. The molecule has 1 unspecified atom stereocenters. The highest BCUT2D eigenvalue weighted by Crippen LogP contribution is 2.37. The summed E-state index contributed by atoms with van der Waals surface area (Å²) in [6.45, 7) is 1.24. The maximum atomic E-state index is 14.2. The van der Waals surface area contributed by atoms with Crippen molar-refractivity contribution in [1.29, 1.82) is 0 Å². The first-order valence-electron chi connectivity index (χ1n) is 4.35. The molecule has 1 aliphatic heterocycles. The van der Waals surface area contributed by atoms with Crippen LogP contribution in [0.25, 0.3) is 0 Å².